The van der Waals surface area contributed by atoms with Crippen molar-refractivity contribution in [2.45, 2.75) is 42.1 Å². The maximum absolute atomic E-state index is 14.1. The maximum atomic E-state index is 14.1. The van der Waals surface area contributed by atoms with Gasteiger partial charge in [0.05, 0.1) is 29.7 Å². The van der Waals surface area contributed by atoms with E-state index in [1.165, 1.54) is 18.2 Å². The number of nitrogens with zero attached hydrogens (tertiary/aromatic N) is 1. The predicted molar refractivity (Wildman–Crippen MR) is 125 cm³/mol. The smallest absolute Gasteiger partial charge is 0.362 e. The van der Waals surface area contributed by atoms with E-state index in [1.54, 1.807) is 0 Å². The van der Waals surface area contributed by atoms with Crippen LogP contribution in [0.5, 0.6) is 0 Å². The van der Waals surface area contributed by atoms with Crippen molar-refractivity contribution in [3.05, 3.63) is 68.4 Å². The summed E-state index contributed by atoms with van der Waals surface area (Å²) < 4.78 is 96.5. The van der Waals surface area contributed by atoms with Crippen LogP contribution in [-0.2, 0) is 26.5 Å². The molecule has 1 saturated heterocycles. The van der Waals surface area contributed by atoms with E-state index in [0.29, 0.717) is 11.1 Å². The van der Waals surface area contributed by atoms with Crippen LogP contribution in [0.3, 0.4) is 0 Å². The minimum Gasteiger partial charge on any atom is -0.362 e. The predicted octanol–water partition coefficient (Wildman–Crippen LogP) is 6.80. The van der Waals surface area contributed by atoms with Gasteiger partial charge in [-0.05, 0) is 40.5 Å². The number of benzene rings is 2. The van der Waals surface area contributed by atoms with Gasteiger partial charge in [-0.1, -0.05) is 35.3 Å². The Bertz CT molecular complexity index is 1260. The summed E-state index contributed by atoms with van der Waals surface area (Å²) in [6, 6.07) is 5.91. The third kappa shape index (κ3) is 5.17. The Labute approximate surface area is 221 Å². The second kappa shape index (κ2) is 9.32. The molecule has 0 aliphatic carbocycles. The molecule has 14 heteroatoms. The van der Waals surface area contributed by atoms with Crippen molar-refractivity contribution in [3.63, 3.8) is 0 Å². The van der Waals surface area contributed by atoms with E-state index in [9.17, 15) is 35.5 Å². The van der Waals surface area contributed by atoms with E-state index >= 15 is 0 Å². The minimum absolute atomic E-state index is 0.00617. The molecule has 2 heterocycles. The van der Waals surface area contributed by atoms with Crippen LogP contribution in [0, 0.1) is 11.2 Å². The van der Waals surface area contributed by atoms with Crippen LogP contribution in [0.2, 0.25) is 10.0 Å². The van der Waals surface area contributed by atoms with Crippen LogP contribution in [-0.4, -0.2) is 42.0 Å². The molecule has 2 aliphatic rings. The molecule has 0 bridgehead atoms. The first-order valence-corrected chi connectivity index (χ1v) is 11.8. The van der Waals surface area contributed by atoms with Crippen molar-refractivity contribution in [3.8, 4) is 0 Å². The number of nitrogens with one attached hydrogen (secondary N) is 1. The fourth-order valence-electron chi connectivity index (χ4n) is 4.45. The molecule has 4 rings (SSSR count). The zero-order valence-corrected chi connectivity index (χ0v) is 20.9. The highest BCUT2D eigenvalue weighted by Crippen LogP contribution is 2.50. The first kappa shape index (κ1) is 28.0. The van der Waals surface area contributed by atoms with Gasteiger partial charge in [0.2, 0.25) is 5.91 Å². The number of likely N-dealkylation sites (tertiary alicyclic amines) is 1. The van der Waals surface area contributed by atoms with Crippen molar-refractivity contribution in [1.29, 1.82) is 5.41 Å². The maximum Gasteiger partial charge on any atom is 0.407 e. The largest absolute Gasteiger partial charge is 0.407 e. The van der Waals surface area contributed by atoms with Crippen LogP contribution in [0.15, 0.2) is 30.3 Å². The summed E-state index contributed by atoms with van der Waals surface area (Å²) in [6.45, 7) is -0.177. The molecule has 37 heavy (non-hydrogen) atoms. The number of fused-ring (bicyclic) bond motifs is 2. The van der Waals surface area contributed by atoms with E-state index in [2.05, 4.69) is 12.6 Å². The standard InChI is InChI=1S/C23H17Cl2F7N2O2S/c24-15-4-13(5-16(25)19(15)26)21(37,23(30,31)32)6-17(33)11-1-2-14-12(3-11)8-36-20(14)9-34(10-20)18(35)7-22(27,28)29/h1-5,33,37H,6-10H2. The monoisotopic (exact) mass is 588 g/mol. The van der Waals surface area contributed by atoms with Gasteiger partial charge in [-0.2, -0.15) is 39.0 Å². The molecule has 1 fully saturated rings. The molecule has 1 amide bonds. The Balaban J connectivity index is 1.55. The van der Waals surface area contributed by atoms with Crippen molar-refractivity contribution in [2.75, 3.05) is 13.1 Å². The van der Waals surface area contributed by atoms with Gasteiger partial charge in [-0.3, -0.25) is 4.79 Å². The van der Waals surface area contributed by atoms with Gasteiger partial charge in [0.15, 0.2) is 5.82 Å². The molecule has 1 spiro atoms. The van der Waals surface area contributed by atoms with Gasteiger partial charge in [0.25, 0.3) is 0 Å². The molecule has 2 aliphatic heterocycles. The van der Waals surface area contributed by atoms with Crippen LogP contribution >= 0.6 is 35.8 Å². The highest BCUT2D eigenvalue weighted by Gasteiger charge is 2.55. The van der Waals surface area contributed by atoms with E-state index in [-0.39, 0.29) is 25.3 Å². The molecule has 4 nitrogen and oxygen atoms in total. The SMILES string of the molecule is N=C(CC(S)(c1cc(Cl)c(F)c(Cl)c1)C(F)(F)F)c1ccc2c(c1)COC21CN(C(=O)CC(F)(F)F)C1. The van der Waals surface area contributed by atoms with Crippen molar-refractivity contribution in [1.82, 2.24) is 4.90 Å². The summed E-state index contributed by atoms with van der Waals surface area (Å²) in [4.78, 5) is 12.8. The zero-order valence-electron chi connectivity index (χ0n) is 18.5. The van der Waals surface area contributed by atoms with Gasteiger partial charge in [0.1, 0.15) is 16.8 Å². The van der Waals surface area contributed by atoms with Crippen LogP contribution in [0.4, 0.5) is 30.7 Å². The van der Waals surface area contributed by atoms with E-state index in [1.807, 2.05) is 0 Å². The Morgan fingerprint density at radius 1 is 1.05 bits per heavy atom. The molecule has 1 atom stereocenters. The fraction of sp³-hybridized carbons (Fsp3) is 0.391. The second-order valence-electron chi connectivity index (χ2n) is 8.96. The highest BCUT2D eigenvalue weighted by atomic mass is 35.5. The second-order valence-corrected chi connectivity index (χ2v) is 10.5. The van der Waals surface area contributed by atoms with Gasteiger partial charge >= 0.3 is 12.4 Å². The van der Waals surface area contributed by atoms with Crippen LogP contribution < -0.4 is 0 Å². The normalized spacial score (nSPS) is 18.4. The lowest BCUT2D eigenvalue weighted by Gasteiger charge is -2.47. The Hall–Kier alpha value is -2.02. The number of rotatable bonds is 5. The van der Waals surface area contributed by atoms with Gasteiger partial charge in [-0.25, -0.2) is 4.39 Å². The molecule has 1 unspecified atom stereocenters. The molecule has 2 aromatic rings. The summed E-state index contributed by atoms with van der Waals surface area (Å²) >= 11 is 15.2. The molecule has 0 saturated carbocycles. The van der Waals surface area contributed by atoms with Gasteiger partial charge in [-0.15, -0.1) is 0 Å². The molecule has 1 N–H and O–H groups in total. The summed E-state index contributed by atoms with van der Waals surface area (Å²) in [6.07, 6.45) is -12.1. The zero-order chi connectivity index (χ0) is 27.6. The number of hydrogen-bond donors (Lipinski definition) is 2. The van der Waals surface area contributed by atoms with Crippen molar-refractivity contribution >= 4 is 47.4 Å². The number of ether oxygens (including phenoxy) is 1. The number of thiol groups is 1. The van der Waals surface area contributed by atoms with Crippen molar-refractivity contribution in [2.24, 2.45) is 0 Å². The van der Waals surface area contributed by atoms with E-state index in [0.717, 1.165) is 17.0 Å². The van der Waals surface area contributed by atoms with E-state index < -0.39 is 68.6 Å². The van der Waals surface area contributed by atoms with Crippen LogP contribution in [0.25, 0.3) is 0 Å². The topological polar surface area (TPSA) is 53.4 Å². The number of carbonyl (C=O) groups is 1. The van der Waals surface area contributed by atoms with Gasteiger partial charge in [0, 0.05) is 12.1 Å². The Morgan fingerprint density at radius 2 is 1.65 bits per heavy atom. The molecular formula is C23H17Cl2F7N2O2S. The van der Waals surface area contributed by atoms with Gasteiger partial charge < -0.3 is 15.0 Å². The lowest BCUT2D eigenvalue weighted by atomic mass is 9.83. The Kier molecular flexibility index (Phi) is 7.05. The first-order valence-electron chi connectivity index (χ1n) is 10.6. The third-order valence-corrected chi connectivity index (χ3v) is 7.63. The summed E-state index contributed by atoms with van der Waals surface area (Å²) in [5.74, 6) is -2.16. The third-order valence-electron chi connectivity index (χ3n) is 6.41. The van der Waals surface area contributed by atoms with E-state index in [4.69, 9.17) is 33.3 Å². The molecule has 0 radical (unpaired) electrons. The number of halogens is 9. The fourth-order valence-corrected chi connectivity index (χ4v) is 5.22. The lowest BCUT2D eigenvalue weighted by Crippen LogP contribution is -2.61. The Morgan fingerprint density at radius 3 is 2.19 bits per heavy atom. The summed E-state index contributed by atoms with van der Waals surface area (Å²) in [7, 11) is 0. The summed E-state index contributed by atoms with van der Waals surface area (Å²) in [5, 5.41) is 7.12. The molecule has 2 aromatic carbocycles. The molecular weight excluding hydrogens is 572 g/mol. The first-order chi connectivity index (χ1) is 17.0. The minimum atomic E-state index is -4.98. The summed E-state index contributed by atoms with van der Waals surface area (Å²) in [5.41, 5.74) is -0.724. The highest BCUT2D eigenvalue weighted by molar-refractivity contribution is 7.81. The lowest BCUT2D eigenvalue weighted by molar-refractivity contribution is -0.185. The quantitative estimate of drug-likeness (QED) is 0.175. The molecule has 200 valence electrons. The average molecular weight is 589 g/mol. The number of alkyl halides is 6. The van der Waals surface area contributed by atoms with Crippen LogP contribution in [0.1, 0.15) is 35.1 Å². The number of amides is 1. The molecule has 0 aromatic heterocycles. The van der Waals surface area contributed by atoms with Crippen molar-refractivity contribution < 1.29 is 40.3 Å². The number of carbonyl (C=O) groups excluding carboxylic acids is 1. The average Bonchev–Trinajstić information content (AvgIpc) is 3.13. The number of hydrogen-bond acceptors (Lipinski definition) is 4.